The van der Waals surface area contributed by atoms with Gasteiger partial charge in [0, 0.05) is 0 Å². The molecule has 3 rings (SSSR count). The first-order valence-electron chi connectivity index (χ1n) is 3.80. The highest BCUT2D eigenvalue weighted by Crippen LogP contribution is 2.63. The summed E-state index contributed by atoms with van der Waals surface area (Å²) < 4.78 is 0. The third-order valence-corrected chi connectivity index (χ3v) is 3.47. The summed E-state index contributed by atoms with van der Waals surface area (Å²) in [5, 5.41) is 0. The van der Waals surface area contributed by atoms with Gasteiger partial charge >= 0.3 is 0 Å². The van der Waals surface area contributed by atoms with E-state index in [1.807, 2.05) is 0 Å². The average molecular weight is 122 g/mol. The molecule has 0 unspecified atom stereocenters. The highest BCUT2D eigenvalue weighted by Gasteiger charge is 2.54. The van der Waals surface area contributed by atoms with E-state index in [1.54, 1.807) is 0 Å². The van der Waals surface area contributed by atoms with E-state index in [1.165, 1.54) is 18.4 Å². The minimum absolute atomic E-state index is 0.622. The molecular weight excluding hydrogens is 108 g/mol. The van der Waals surface area contributed by atoms with Crippen LogP contribution >= 0.6 is 0 Å². The third-order valence-electron chi connectivity index (χ3n) is 3.47. The number of allylic oxidation sites excluding steroid dienone is 1. The SMILES string of the molecule is C=C1C[C@H]2C[C@@H]1C2(C)C. The Morgan fingerprint density at radius 1 is 1.56 bits per heavy atom. The molecule has 3 saturated carbocycles. The van der Waals surface area contributed by atoms with E-state index in [9.17, 15) is 0 Å². The monoisotopic (exact) mass is 122 g/mol. The second-order valence-corrected chi connectivity index (χ2v) is 4.17. The maximum Gasteiger partial charge on any atom is -0.0149 e. The molecule has 0 aromatic rings. The molecule has 0 heteroatoms. The number of rotatable bonds is 0. The first-order chi connectivity index (χ1) is 4.12. The maximum absolute atomic E-state index is 4.07. The van der Waals surface area contributed by atoms with Crippen molar-refractivity contribution in [1.29, 1.82) is 0 Å². The predicted molar refractivity (Wildman–Crippen MR) is 39.1 cm³/mol. The van der Waals surface area contributed by atoms with E-state index in [2.05, 4.69) is 20.4 Å². The van der Waals surface area contributed by atoms with Gasteiger partial charge in [-0.3, -0.25) is 0 Å². The minimum atomic E-state index is 0.622. The fraction of sp³-hybridized carbons (Fsp3) is 0.778. The number of hydrogen-bond donors (Lipinski definition) is 0. The summed E-state index contributed by atoms with van der Waals surface area (Å²) in [4.78, 5) is 0. The molecule has 0 heterocycles. The van der Waals surface area contributed by atoms with Gasteiger partial charge in [-0.25, -0.2) is 0 Å². The summed E-state index contributed by atoms with van der Waals surface area (Å²) in [6.45, 7) is 8.83. The highest BCUT2D eigenvalue weighted by molar-refractivity contribution is 5.23. The van der Waals surface area contributed by atoms with E-state index in [4.69, 9.17) is 0 Å². The van der Waals surface area contributed by atoms with Gasteiger partial charge < -0.3 is 0 Å². The van der Waals surface area contributed by atoms with E-state index in [0.29, 0.717) is 5.41 Å². The molecule has 3 fully saturated rings. The van der Waals surface area contributed by atoms with Crippen molar-refractivity contribution in [2.45, 2.75) is 26.7 Å². The second kappa shape index (κ2) is 1.25. The van der Waals surface area contributed by atoms with Gasteiger partial charge in [-0.2, -0.15) is 0 Å². The van der Waals surface area contributed by atoms with Gasteiger partial charge in [0.05, 0.1) is 0 Å². The van der Waals surface area contributed by atoms with E-state index < -0.39 is 0 Å². The number of hydrogen-bond acceptors (Lipinski definition) is 0. The van der Waals surface area contributed by atoms with Crippen LogP contribution in [0.15, 0.2) is 12.2 Å². The van der Waals surface area contributed by atoms with Crippen molar-refractivity contribution in [1.82, 2.24) is 0 Å². The normalized spacial score (nSPS) is 44.9. The molecule has 3 aliphatic carbocycles. The first kappa shape index (κ1) is 5.52. The molecule has 2 bridgehead atoms. The predicted octanol–water partition coefficient (Wildman–Crippen LogP) is 2.61. The van der Waals surface area contributed by atoms with Crippen molar-refractivity contribution < 1.29 is 0 Å². The van der Waals surface area contributed by atoms with Crippen molar-refractivity contribution in [3.8, 4) is 0 Å². The molecule has 0 N–H and O–H groups in total. The second-order valence-electron chi connectivity index (χ2n) is 4.17. The Hall–Kier alpha value is -0.260. The lowest BCUT2D eigenvalue weighted by Crippen LogP contribution is -2.36. The van der Waals surface area contributed by atoms with Gasteiger partial charge in [-0.15, -0.1) is 0 Å². The zero-order chi connectivity index (χ0) is 6.65. The smallest absolute Gasteiger partial charge is 0.0149 e. The van der Waals surface area contributed by atoms with Gasteiger partial charge in [0.25, 0.3) is 0 Å². The van der Waals surface area contributed by atoms with Crippen molar-refractivity contribution in [2.24, 2.45) is 17.3 Å². The molecule has 0 nitrogen and oxygen atoms in total. The van der Waals surface area contributed by atoms with Crippen molar-refractivity contribution >= 4 is 0 Å². The van der Waals surface area contributed by atoms with Crippen LogP contribution in [-0.2, 0) is 0 Å². The summed E-state index contributed by atoms with van der Waals surface area (Å²) >= 11 is 0. The van der Waals surface area contributed by atoms with Crippen LogP contribution in [0.5, 0.6) is 0 Å². The summed E-state index contributed by atoms with van der Waals surface area (Å²) in [5.41, 5.74) is 2.14. The third kappa shape index (κ3) is 0.452. The van der Waals surface area contributed by atoms with Crippen LogP contribution in [0, 0.1) is 17.3 Å². The van der Waals surface area contributed by atoms with Crippen LogP contribution in [0.25, 0.3) is 0 Å². The van der Waals surface area contributed by atoms with Gasteiger partial charge in [0.2, 0.25) is 0 Å². The Labute approximate surface area is 57.0 Å². The molecule has 0 spiro atoms. The van der Waals surface area contributed by atoms with Crippen molar-refractivity contribution in [3.63, 3.8) is 0 Å². The topological polar surface area (TPSA) is 0 Å². The summed E-state index contributed by atoms with van der Waals surface area (Å²) in [7, 11) is 0. The summed E-state index contributed by atoms with van der Waals surface area (Å²) in [6, 6.07) is 0. The molecule has 9 heavy (non-hydrogen) atoms. The summed E-state index contributed by atoms with van der Waals surface area (Å²) in [5.74, 6) is 1.86. The van der Waals surface area contributed by atoms with Crippen LogP contribution in [0.2, 0.25) is 0 Å². The average Bonchev–Trinajstić information content (AvgIpc) is 2.20. The molecule has 50 valence electrons. The molecule has 3 aliphatic rings. The summed E-state index contributed by atoms with van der Waals surface area (Å²) in [6.07, 6.45) is 2.75. The van der Waals surface area contributed by atoms with Crippen LogP contribution in [0.3, 0.4) is 0 Å². The maximum atomic E-state index is 4.07. The van der Waals surface area contributed by atoms with Crippen LogP contribution < -0.4 is 0 Å². The standard InChI is InChI=1S/C9H14/c1-6-4-7-5-8(6)9(7,2)3/h7-8H,1,4-5H2,2-3H3/t7-,8-/m0/s1. The Morgan fingerprint density at radius 2 is 2.22 bits per heavy atom. The van der Waals surface area contributed by atoms with Crippen LogP contribution in [-0.4, -0.2) is 0 Å². The Balaban J connectivity index is 2.31. The van der Waals surface area contributed by atoms with Crippen molar-refractivity contribution in [2.75, 3.05) is 0 Å². The first-order valence-corrected chi connectivity index (χ1v) is 3.80. The lowest BCUT2D eigenvalue weighted by atomic mass is 9.61. The molecule has 0 amide bonds. The molecule has 2 atom stereocenters. The van der Waals surface area contributed by atoms with Crippen LogP contribution in [0.4, 0.5) is 0 Å². The largest absolute Gasteiger partial charge is 0.0995 e. The Kier molecular flexibility index (Phi) is 0.769. The minimum Gasteiger partial charge on any atom is -0.0995 e. The van der Waals surface area contributed by atoms with Gasteiger partial charge in [0.15, 0.2) is 0 Å². The fourth-order valence-corrected chi connectivity index (χ4v) is 2.51. The molecule has 0 saturated heterocycles. The molecule has 0 aromatic heterocycles. The zero-order valence-electron chi connectivity index (χ0n) is 6.28. The quantitative estimate of drug-likeness (QED) is 0.433. The van der Waals surface area contributed by atoms with Crippen molar-refractivity contribution in [3.05, 3.63) is 12.2 Å². The molecule has 0 radical (unpaired) electrons. The fourth-order valence-electron chi connectivity index (χ4n) is 2.51. The van der Waals surface area contributed by atoms with E-state index in [-0.39, 0.29) is 0 Å². The Morgan fingerprint density at radius 3 is 2.33 bits per heavy atom. The van der Waals surface area contributed by atoms with Crippen LogP contribution in [0.1, 0.15) is 26.7 Å². The van der Waals surface area contributed by atoms with Gasteiger partial charge in [-0.05, 0) is 30.1 Å². The zero-order valence-corrected chi connectivity index (χ0v) is 6.28. The molecule has 0 aliphatic heterocycles. The lowest BCUT2D eigenvalue weighted by molar-refractivity contribution is 0.0617. The molecule has 0 aromatic carbocycles. The van der Waals surface area contributed by atoms with Gasteiger partial charge in [-0.1, -0.05) is 26.0 Å². The van der Waals surface area contributed by atoms with Gasteiger partial charge in [0.1, 0.15) is 0 Å². The highest BCUT2D eigenvalue weighted by atomic mass is 14.6. The Bertz CT molecular complexity index is 165. The molecular formula is C9H14. The lowest BCUT2D eigenvalue weighted by Gasteiger charge is -2.44. The van der Waals surface area contributed by atoms with E-state index >= 15 is 0 Å². The number of fused-ring (bicyclic) bond motifs is 1. The van der Waals surface area contributed by atoms with E-state index in [0.717, 1.165) is 11.8 Å².